The SMILES string of the molecule is COc1cc(C)ccc1OCC(=O)N1CCN(Cc2ccccn2)CC1. The molecule has 0 spiro atoms. The summed E-state index contributed by atoms with van der Waals surface area (Å²) in [5.41, 5.74) is 2.15. The summed E-state index contributed by atoms with van der Waals surface area (Å²) in [6.07, 6.45) is 1.81. The lowest BCUT2D eigenvalue weighted by Crippen LogP contribution is -2.49. The quantitative estimate of drug-likeness (QED) is 0.794. The third-order valence-corrected chi connectivity index (χ3v) is 4.51. The number of methoxy groups -OCH3 is 1. The maximum Gasteiger partial charge on any atom is 0.260 e. The van der Waals surface area contributed by atoms with Crippen LogP contribution in [0.15, 0.2) is 42.6 Å². The number of piperazine rings is 1. The van der Waals surface area contributed by atoms with E-state index in [0.29, 0.717) is 24.6 Å². The highest BCUT2D eigenvalue weighted by atomic mass is 16.5. The van der Waals surface area contributed by atoms with Crippen molar-refractivity contribution >= 4 is 5.91 Å². The molecule has 1 aromatic heterocycles. The van der Waals surface area contributed by atoms with Crippen LogP contribution in [0.25, 0.3) is 0 Å². The number of aryl methyl sites for hydroxylation is 1. The van der Waals surface area contributed by atoms with Crippen LogP contribution in [0.2, 0.25) is 0 Å². The summed E-state index contributed by atoms with van der Waals surface area (Å²) in [4.78, 5) is 21.0. The molecule has 2 heterocycles. The minimum atomic E-state index is 0.00474. The van der Waals surface area contributed by atoms with Gasteiger partial charge in [0.05, 0.1) is 12.8 Å². The summed E-state index contributed by atoms with van der Waals surface area (Å²) in [5.74, 6) is 1.25. The Balaban J connectivity index is 1.47. The normalized spacial score (nSPS) is 14.9. The van der Waals surface area contributed by atoms with Gasteiger partial charge in [0.2, 0.25) is 0 Å². The molecule has 0 atom stereocenters. The van der Waals surface area contributed by atoms with Gasteiger partial charge in [0.25, 0.3) is 5.91 Å². The van der Waals surface area contributed by atoms with Gasteiger partial charge in [-0.05, 0) is 36.8 Å². The van der Waals surface area contributed by atoms with Crippen molar-refractivity contribution < 1.29 is 14.3 Å². The third-order valence-electron chi connectivity index (χ3n) is 4.51. The van der Waals surface area contributed by atoms with E-state index in [4.69, 9.17) is 9.47 Å². The van der Waals surface area contributed by atoms with Crippen LogP contribution in [0, 0.1) is 6.92 Å². The predicted octanol–water partition coefficient (Wildman–Crippen LogP) is 2.12. The first-order valence-electron chi connectivity index (χ1n) is 8.83. The number of carbonyl (C=O) groups is 1. The molecule has 2 aromatic rings. The second-order valence-corrected chi connectivity index (χ2v) is 6.42. The number of ether oxygens (including phenoxy) is 2. The van der Waals surface area contributed by atoms with Crippen molar-refractivity contribution in [1.82, 2.24) is 14.8 Å². The number of carbonyl (C=O) groups excluding carboxylic acids is 1. The maximum absolute atomic E-state index is 12.4. The van der Waals surface area contributed by atoms with Gasteiger partial charge in [0.1, 0.15) is 0 Å². The lowest BCUT2D eigenvalue weighted by molar-refractivity contribution is -0.135. The number of rotatable bonds is 6. The zero-order valence-electron chi connectivity index (χ0n) is 15.4. The van der Waals surface area contributed by atoms with Crippen LogP contribution in [0.5, 0.6) is 11.5 Å². The van der Waals surface area contributed by atoms with E-state index in [-0.39, 0.29) is 12.5 Å². The summed E-state index contributed by atoms with van der Waals surface area (Å²) >= 11 is 0. The first-order valence-corrected chi connectivity index (χ1v) is 8.83. The highest BCUT2D eigenvalue weighted by Gasteiger charge is 2.22. The van der Waals surface area contributed by atoms with Crippen LogP contribution in [0.4, 0.5) is 0 Å². The summed E-state index contributed by atoms with van der Waals surface area (Å²) in [7, 11) is 1.60. The molecule has 0 N–H and O–H groups in total. The van der Waals surface area contributed by atoms with Gasteiger partial charge in [-0.25, -0.2) is 0 Å². The zero-order chi connectivity index (χ0) is 18.4. The Bertz CT molecular complexity index is 728. The molecule has 0 radical (unpaired) electrons. The van der Waals surface area contributed by atoms with Crippen LogP contribution in [-0.4, -0.2) is 60.6 Å². The number of hydrogen-bond acceptors (Lipinski definition) is 5. The lowest BCUT2D eigenvalue weighted by Gasteiger charge is -2.34. The van der Waals surface area contributed by atoms with E-state index in [2.05, 4.69) is 9.88 Å². The molecule has 1 fully saturated rings. The van der Waals surface area contributed by atoms with Crippen LogP contribution in [0.3, 0.4) is 0 Å². The minimum absolute atomic E-state index is 0.00474. The topological polar surface area (TPSA) is 54.9 Å². The Kier molecular flexibility index (Phi) is 6.07. The zero-order valence-corrected chi connectivity index (χ0v) is 15.4. The summed E-state index contributed by atoms with van der Waals surface area (Å²) in [6, 6.07) is 11.6. The van der Waals surface area contributed by atoms with Crippen molar-refractivity contribution in [2.45, 2.75) is 13.5 Å². The largest absolute Gasteiger partial charge is 0.493 e. The monoisotopic (exact) mass is 355 g/mol. The van der Waals surface area contributed by atoms with Crippen molar-refractivity contribution in [2.24, 2.45) is 0 Å². The smallest absolute Gasteiger partial charge is 0.260 e. The van der Waals surface area contributed by atoms with Gasteiger partial charge in [0, 0.05) is 38.9 Å². The van der Waals surface area contributed by atoms with E-state index in [1.165, 1.54) is 0 Å². The Morgan fingerprint density at radius 1 is 1.12 bits per heavy atom. The Hall–Kier alpha value is -2.60. The predicted molar refractivity (Wildman–Crippen MR) is 99.3 cm³/mol. The number of pyridine rings is 1. The number of amides is 1. The molecule has 1 amide bonds. The van der Waals surface area contributed by atoms with Gasteiger partial charge in [0.15, 0.2) is 18.1 Å². The molecule has 0 bridgehead atoms. The van der Waals surface area contributed by atoms with Crippen molar-refractivity contribution in [1.29, 1.82) is 0 Å². The lowest BCUT2D eigenvalue weighted by atomic mass is 10.2. The molecule has 6 nitrogen and oxygen atoms in total. The fourth-order valence-electron chi connectivity index (χ4n) is 3.00. The van der Waals surface area contributed by atoms with E-state index < -0.39 is 0 Å². The molecular formula is C20H25N3O3. The average molecular weight is 355 g/mol. The van der Waals surface area contributed by atoms with Crippen molar-refractivity contribution in [2.75, 3.05) is 39.9 Å². The molecule has 0 saturated carbocycles. The molecule has 138 valence electrons. The van der Waals surface area contributed by atoms with Gasteiger partial charge < -0.3 is 14.4 Å². The van der Waals surface area contributed by atoms with E-state index in [0.717, 1.165) is 30.9 Å². The van der Waals surface area contributed by atoms with E-state index in [1.807, 2.05) is 54.4 Å². The molecule has 1 aliphatic heterocycles. The molecule has 26 heavy (non-hydrogen) atoms. The van der Waals surface area contributed by atoms with E-state index >= 15 is 0 Å². The Morgan fingerprint density at radius 2 is 1.92 bits per heavy atom. The number of nitrogens with zero attached hydrogens (tertiary/aromatic N) is 3. The molecule has 1 aromatic carbocycles. The first kappa shape index (κ1) is 18.2. The second-order valence-electron chi connectivity index (χ2n) is 6.42. The Labute approximate surface area is 154 Å². The highest BCUT2D eigenvalue weighted by molar-refractivity contribution is 5.78. The Morgan fingerprint density at radius 3 is 2.62 bits per heavy atom. The molecule has 0 aliphatic carbocycles. The average Bonchev–Trinajstić information content (AvgIpc) is 2.68. The highest BCUT2D eigenvalue weighted by Crippen LogP contribution is 2.27. The molecule has 1 saturated heterocycles. The van der Waals surface area contributed by atoms with Crippen LogP contribution < -0.4 is 9.47 Å². The molecule has 1 aliphatic rings. The fourth-order valence-corrected chi connectivity index (χ4v) is 3.00. The standard InChI is InChI=1S/C20H25N3O3/c1-16-6-7-18(19(13-16)25-2)26-15-20(24)23-11-9-22(10-12-23)14-17-5-3-4-8-21-17/h3-8,13H,9-12,14-15H2,1-2H3. The second kappa shape index (κ2) is 8.67. The van der Waals surface area contributed by atoms with Gasteiger partial charge in [-0.1, -0.05) is 12.1 Å². The minimum Gasteiger partial charge on any atom is -0.493 e. The first-order chi connectivity index (χ1) is 12.7. The summed E-state index contributed by atoms with van der Waals surface area (Å²) < 4.78 is 11.0. The summed E-state index contributed by atoms with van der Waals surface area (Å²) in [5, 5.41) is 0. The maximum atomic E-state index is 12.4. The number of hydrogen-bond donors (Lipinski definition) is 0. The number of aromatic nitrogens is 1. The fraction of sp³-hybridized carbons (Fsp3) is 0.400. The summed E-state index contributed by atoms with van der Waals surface area (Å²) in [6.45, 7) is 5.94. The van der Waals surface area contributed by atoms with Crippen LogP contribution in [-0.2, 0) is 11.3 Å². The molecule has 6 heteroatoms. The molecule has 0 unspecified atom stereocenters. The van der Waals surface area contributed by atoms with Gasteiger partial charge >= 0.3 is 0 Å². The van der Waals surface area contributed by atoms with Crippen molar-refractivity contribution in [3.63, 3.8) is 0 Å². The molecule has 3 rings (SSSR count). The molecular weight excluding hydrogens is 330 g/mol. The van der Waals surface area contributed by atoms with Gasteiger partial charge in [-0.3, -0.25) is 14.7 Å². The van der Waals surface area contributed by atoms with E-state index in [9.17, 15) is 4.79 Å². The number of benzene rings is 1. The van der Waals surface area contributed by atoms with E-state index in [1.54, 1.807) is 7.11 Å². The van der Waals surface area contributed by atoms with Crippen molar-refractivity contribution in [3.05, 3.63) is 53.9 Å². The third kappa shape index (κ3) is 4.73. The van der Waals surface area contributed by atoms with Crippen molar-refractivity contribution in [3.8, 4) is 11.5 Å². The van der Waals surface area contributed by atoms with Crippen LogP contribution >= 0.6 is 0 Å². The van der Waals surface area contributed by atoms with Gasteiger partial charge in [-0.2, -0.15) is 0 Å². The van der Waals surface area contributed by atoms with Gasteiger partial charge in [-0.15, -0.1) is 0 Å². The van der Waals surface area contributed by atoms with Crippen LogP contribution in [0.1, 0.15) is 11.3 Å².